The number of carbonyl (C=O) groups excluding carboxylic acids is 2. The molecule has 0 rings (SSSR count). The summed E-state index contributed by atoms with van der Waals surface area (Å²) in [5.74, 6) is -2.20. The summed E-state index contributed by atoms with van der Waals surface area (Å²) in [6.07, 6.45) is 11.7. The van der Waals surface area contributed by atoms with Crippen LogP contribution in [0, 0.1) is 0 Å². The first-order chi connectivity index (χ1) is 11.5. The third kappa shape index (κ3) is 12.9. The lowest BCUT2D eigenvalue weighted by Gasteiger charge is -2.13. The van der Waals surface area contributed by atoms with Gasteiger partial charge < -0.3 is 15.2 Å². The second-order valence-electron chi connectivity index (χ2n) is 6.17. The van der Waals surface area contributed by atoms with Gasteiger partial charge in [0, 0.05) is 6.42 Å². The SMILES string of the molecule is CCCCCCCCCCCCC(=O)N[C@@H](CC(=O)OC)C(=O)O. The molecule has 0 aliphatic rings. The highest BCUT2D eigenvalue weighted by Crippen LogP contribution is 2.11. The van der Waals surface area contributed by atoms with Gasteiger partial charge in [-0.05, 0) is 6.42 Å². The van der Waals surface area contributed by atoms with Gasteiger partial charge >= 0.3 is 11.9 Å². The summed E-state index contributed by atoms with van der Waals surface area (Å²) in [7, 11) is 1.19. The van der Waals surface area contributed by atoms with Gasteiger partial charge in [-0.3, -0.25) is 9.59 Å². The van der Waals surface area contributed by atoms with E-state index in [-0.39, 0.29) is 12.3 Å². The van der Waals surface area contributed by atoms with Gasteiger partial charge in [0.05, 0.1) is 13.5 Å². The molecule has 0 saturated heterocycles. The van der Waals surface area contributed by atoms with E-state index in [1.165, 1.54) is 52.1 Å². The highest BCUT2D eigenvalue weighted by atomic mass is 16.5. The van der Waals surface area contributed by atoms with Gasteiger partial charge in [0.25, 0.3) is 0 Å². The Labute approximate surface area is 145 Å². The Morgan fingerprint density at radius 3 is 1.88 bits per heavy atom. The molecule has 6 nitrogen and oxygen atoms in total. The summed E-state index contributed by atoms with van der Waals surface area (Å²) < 4.78 is 4.43. The van der Waals surface area contributed by atoms with E-state index in [0.29, 0.717) is 6.42 Å². The van der Waals surface area contributed by atoms with Crippen LogP contribution in [0.25, 0.3) is 0 Å². The molecular formula is C18H33NO5. The molecule has 140 valence electrons. The monoisotopic (exact) mass is 343 g/mol. The van der Waals surface area contributed by atoms with E-state index >= 15 is 0 Å². The normalized spacial score (nSPS) is 11.8. The van der Waals surface area contributed by atoms with Crippen LogP contribution in [0.15, 0.2) is 0 Å². The average Bonchev–Trinajstić information content (AvgIpc) is 2.55. The molecule has 2 N–H and O–H groups in total. The minimum Gasteiger partial charge on any atom is -0.480 e. The van der Waals surface area contributed by atoms with Crippen molar-refractivity contribution in [1.29, 1.82) is 0 Å². The van der Waals surface area contributed by atoms with Gasteiger partial charge in [-0.15, -0.1) is 0 Å². The van der Waals surface area contributed by atoms with E-state index in [9.17, 15) is 14.4 Å². The summed E-state index contributed by atoms with van der Waals surface area (Å²) >= 11 is 0. The fourth-order valence-corrected chi connectivity index (χ4v) is 2.49. The standard InChI is InChI=1S/C18H33NO5/c1-3-4-5-6-7-8-9-10-11-12-13-16(20)19-15(18(22)23)14-17(21)24-2/h15H,3-14H2,1-2H3,(H,19,20)(H,22,23)/t15-/m0/s1. The van der Waals surface area contributed by atoms with Crippen LogP contribution in [0.2, 0.25) is 0 Å². The van der Waals surface area contributed by atoms with Crippen LogP contribution in [0.5, 0.6) is 0 Å². The zero-order chi connectivity index (χ0) is 18.2. The Kier molecular flexibility index (Phi) is 14.0. The Balaban J connectivity index is 3.66. The molecule has 0 aliphatic carbocycles. The number of carboxylic acid groups (broad SMARTS) is 1. The van der Waals surface area contributed by atoms with Gasteiger partial charge in [0.15, 0.2) is 0 Å². The van der Waals surface area contributed by atoms with Gasteiger partial charge in [-0.25, -0.2) is 4.79 Å². The van der Waals surface area contributed by atoms with E-state index in [1.807, 2.05) is 0 Å². The van der Waals surface area contributed by atoms with E-state index in [0.717, 1.165) is 19.3 Å². The quantitative estimate of drug-likeness (QED) is 0.351. The Bertz CT molecular complexity index is 370. The first kappa shape index (κ1) is 22.4. The summed E-state index contributed by atoms with van der Waals surface area (Å²) in [6.45, 7) is 2.21. The fraction of sp³-hybridized carbons (Fsp3) is 0.833. The molecule has 0 bridgehead atoms. The predicted molar refractivity (Wildman–Crippen MR) is 92.7 cm³/mol. The number of esters is 1. The molecular weight excluding hydrogens is 310 g/mol. The molecule has 0 spiro atoms. The topological polar surface area (TPSA) is 92.7 Å². The molecule has 0 aromatic heterocycles. The summed E-state index contributed by atoms with van der Waals surface area (Å²) in [4.78, 5) is 33.9. The van der Waals surface area contributed by atoms with Crippen molar-refractivity contribution in [2.45, 2.75) is 90.0 Å². The molecule has 0 radical (unpaired) electrons. The molecule has 0 aromatic rings. The molecule has 0 aromatic carbocycles. The maximum absolute atomic E-state index is 11.7. The molecule has 0 heterocycles. The van der Waals surface area contributed by atoms with Crippen molar-refractivity contribution in [1.82, 2.24) is 5.32 Å². The van der Waals surface area contributed by atoms with Crippen molar-refractivity contribution in [3.63, 3.8) is 0 Å². The van der Waals surface area contributed by atoms with Crippen LogP contribution in [0.3, 0.4) is 0 Å². The lowest BCUT2D eigenvalue weighted by atomic mass is 10.1. The lowest BCUT2D eigenvalue weighted by Crippen LogP contribution is -2.42. The van der Waals surface area contributed by atoms with E-state index in [2.05, 4.69) is 17.0 Å². The van der Waals surface area contributed by atoms with Crippen molar-refractivity contribution in [2.75, 3.05) is 7.11 Å². The smallest absolute Gasteiger partial charge is 0.326 e. The van der Waals surface area contributed by atoms with Gasteiger partial charge in [0.2, 0.25) is 5.91 Å². The number of methoxy groups -OCH3 is 1. The molecule has 0 aliphatic heterocycles. The van der Waals surface area contributed by atoms with Crippen LogP contribution in [-0.2, 0) is 19.1 Å². The third-order valence-corrected chi connectivity index (χ3v) is 3.99. The maximum atomic E-state index is 11.7. The summed E-state index contributed by atoms with van der Waals surface area (Å²) in [5.41, 5.74) is 0. The van der Waals surface area contributed by atoms with E-state index < -0.39 is 18.0 Å². The number of unbranched alkanes of at least 4 members (excludes halogenated alkanes) is 9. The number of hydrogen-bond donors (Lipinski definition) is 2. The highest BCUT2D eigenvalue weighted by Gasteiger charge is 2.23. The molecule has 0 unspecified atom stereocenters. The van der Waals surface area contributed by atoms with Crippen molar-refractivity contribution < 1.29 is 24.2 Å². The third-order valence-electron chi connectivity index (χ3n) is 3.99. The average molecular weight is 343 g/mol. The number of amides is 1. The van der Waals surface area contributed by atoms with Crippen LogP contribution in [-0.4, -0.2) is 36.1 Å². The lowest BCUT2D eigenvalue weighted by molar-refractivity contribution is -0.148. The van der Waals surface area contributed by atoms with Crippen molar-refractivity contribution in [2.24, 2.45) is 0 Å². The van der Waals surface area contributed by atoms with Crippen LogP contribution in [0.1, 0.15) is 84.0 Å². The largest absolute Gasteiger partial charge is 0.480 e. The van der Waals surface area contributed by atoms with Crippen LogP contribution in [0.4, 0.5) is 0 Å². The molecule has 24 heavy (non-hydrogen) atoms. The Hall–Kier alpha value is -1.59. The van der Waals surface area contributed by atoms with Crippen molar-refractivity contribution >= 4 is 17.8 Å². The van der Waals surface area contributed by atoms with Crippen molar-refractivity contribution in [3.8, 4) is 0 Å². The summed E-state index contributed by atoms with van der Waals surface area (Å²) in [5, 5.41) is 11.4. The summed E-state index contributed by atoms with van der Waals surface area (Å²) in [6, 6.07) is -1.21. The molecule has 6 heteroatoms. The van der Waals surface area contributed by atoms with Crippen LogP contribution < -0.4 is 5.32 Å². The van der Waals surface area contributed by atoms with Gasteiger partial charge in [0.1, 0.15) is 6.04 Å². The minimum absolute atomic E-state index is 0.293. The first-order valence-corrected chi connectivity index (χ1v) is 9.10. The zero-order valence-electron chi connectivity index (χ0n) is 15.1. The number of rotatable bonds is 15. The molecule has 1 amide bonds. The second kappa shape index (κ2) is 15.0. The highest BCUT2D eigenvalue weighted by molar-refractivity contribution is 5.87. The fourth-order valence-electron chi connectivity index (χ4n) is 2.49. The molecule has 0 fully saturated rings. The van der Waals surface area contributed by atoms with Crippen molar-refractivity contribution in [3.05, 3.63) is 0 Å². The number of ether oxygens (including phenoxy) is 1. The Morgan fingerprint density at radius 1 is 0.917 bits per heavy atom. The minimum atomic E-state index is -1.23. The predicted octanol–water partition coefficient (Wildman–Crippen LogP) is 3.43. The zero-order valence-corrected chi connectivity index (χ0v) is 15.1. The Morgan fingerprint density at radius 2 is 1.42 bits per heavy atom. The van der Waals surface area contributed by atoms with Gasteiger partial charge in [-0.2, -0.15) is 0 Å². The number of carboxylic acids is 1. The van der Waals surface area contributed by atoms with E-state index in [1.54, 1.807) is 0 Å². The van der Waals surface area contributed by atoms with E-state index in [4.69, 9.17) is 5.11 Å². The first-order valence-electron chi connectivity index (χ1n) is 9.10. The second-order valence-corrected chi connectivity index (χ2v) is 6.17. The number of nitrogens with one attached hydrogen (secondary N) is 1. The number of hydrogen-bond acceptors (Lipinski definition) is 4. The molecule has 1 atom stereocenters. The number of aliphatic carboxylic acids is 1. The van der Waals surface area contributed by atoms with Gasteiger partial charge in [-0.1, -0.05) is 64.7 Å². The van der Waals surface area contributed by atoms with Crippen LogP contribution >= 0.6 is 0 Å². The molecule has 0 saturated carbocycles. The maximum Gasteiger partial charge on any atom is 0.326 e. The number of carbonyl (C=O) groups is 3.